The van der Waals surface area contributed by atoms with Gasteiger partial charge in [0.1, 0.15) is 5.75 Å². The number of benzene rings is 2. The molecule has 25 heavy (non-hydrogen) atoms. The maximum atomic E-state index is 12.1. The standard InChI is InChI=1S/C22H26O3/c1-5-14-25-21(24)16(2)15-18-19(12-9-13-20(18)23)22(3,4)17-10-7-6-8-11-17/h6-13,15,23H,5,14H2,1-4H3. The summed E-state index contributed by atoms with van der Waals surface area (Å²) in [5.41, 5.74) is 2.91. The zero-order valence-corrected chi connectivity index (χ0v) is 15.4. The average molecular weight is 338 g/mol. The molecular formula is C22H26O3. The van der Waals surface area contributed by atoms with Crippen LogP contribution in [0.3, 0.4) is 0 Å². The molecule has 2 aromatic carbocycles. The number of carbonyl (C=O) groups is 1. The van der Waals surface area contributed by atoms with Crippen LogP contribution in [0.5, 0.6) is 5.75 Å². The fraction of sp³-hybridized carbons (Fsp3) is 0.318. The van der Waals surface area contributed by atoms with E-state index in [1.807, 2.05) is 37.3 Å². The minimum atomic E-state index is -0.353. The number of ether oxygens (including phenoxy) is 1. The first kappa shape index (κ1) is 18.8. The molecule has 0 atom stereocenters. The van der Waals surface area contributed by atoms with Crippen molar-refractivity contribution in [2.24, 2.45) is 0 Å². The molecule has 0 saturated carbocycles. The van der Waals surface area contributed by atoms with E-state index in [1.54, 1.807) is 19.1 Å². The van der Waals surface area contributed by atoms with Crippen molar-refractivity contribution in [1.29, 1.82) is 0 Å². The van der Waals surface area contributed by atoms with Crippen molar-refractivity contribution in [3.8, 4) is 5.75 Å². The third kappa shape index (κ3) is 4.30. The number of esters is 1. The van der Waals surface area contributed by atoms with E-state index in [9.17, 15) is 9.90 Å². The summed E-state index contributed by atoms with van der Waals surface area (Å²) in [5, 5.41) is 10.4. The molecule has 0 bridgehead atoms. The summed E-state index contributed by atoms with van der Waals surface area (Å²) in [5.74, 6) is -0.197. The maximum Gasteiger partial charge on any atom is 0.333 e. The highest BCUT2D eigenvalue weighted by atomic mass is 16.5. The van der Waals surface area contributed by atoms with Gasteiger partial charge >= 0.3 is 5.97 Å². The summed E-state index contributed by atoms with van der Waals surface area (Å²) in [6.45, 7) is 8.28. The quantitative estimate of drug-likeness (QED) is 0.590. The Balaban J connectivity index is 2.49. The van der Waals surface area contributed by atoms with E-state index in [-0.39, 0.29) is 17.1 Å². The summed E-state index contributed by atoms with van der Waals surface area (Å²) in [4.78, 5) is 12.1. The van der Waals surface area contributed by atoms with Gasteiger partial charge in [-0.1, -0.05) is 63.2 Å². The molecule has 0 amide bonds. The molecule has 1 N–H and O–H groups in total. The van der Waals surface area contributed by atoms with E-state index in [2.05, 4.69) is 26.0 Å². The second-order valence-electron chi connectivity index (χ2n) is 6.69. The molecule has 132 valence electrons. The second-order valence-corrected chi connectivity index (χ2v) is 6.69. The SMILES string of the molecule is CCCOC(=O)C(C)=Cc1c(O)cccc1C(C)(C)c1ccccc1. The summed E-state index contributed by atoms with van der Waals surface area (Å²) < 4.78 is 5.19. The Morgan fingerprint density at radius 1 is 1.12 bits per heavy atom. The number of carbonyl (C=O) groups excluding carboxylic acids is 1. The van der Waals surface area contributed by atoms with Crippen molar-refractivity contribution in [2.75, 3.05) is 6.61 Å². The van der Waals surface area contributed by atoms with E-state index >= 15 is 0 Å². The van der Waals surface area contributed by atoms with E-state index in [1.165, 1.54) is 0 Å². The van der Waals surface area contributed by atoms with Crippen molar-refractivity contribution in [2.45, 2.75) is 39.5 Å². The number of hydrogen-bond acceptors (Lipinski definition) is 3. The van der Waals surface area contributed by atoms with Gasteiger partial charge in [-0.05, 0) is 36.6 Å². The van der Waals surface area contributed by atoms with Gasteiger partial charge in [0.2, 0.25) is 0 Å². The summed E-state index contributed by atoms with van der Waals surface area (Å²) >= 11 is 0. The van der Waals surface area contributed by atoms with E-state index in [0.29, 0.717) is 17.7 Å². The molecule has 0 aliphatic heterocycles. The van der Waals surface area contributed by atoms with Crippen molar-refractivity contribution in [3.05, 3.63) is 70.8 Å². The molecule has 0 aromatic heterocycles. The molecule has 0 spiro atoms. The lowest BCUT2D eigenvalue weighted by atomic mass is 9.75. The lowest BCUT2D eigenvalue weighted by Gasteiger charge is -2.28. The molecule has 2 aromatic rings. The first-order valence-electron chi connectivity index (χ1n) is 8.61. The predicted octanol–water partition coefficient (Wildman–Crippen LogP) is 5.07. The molecule has 0 unspecified atom stereocenters. The largest absolute Gasteiger partial charge is 0.507 e. The lowest BCUT2D eigenvalue weighted by Crippen LogP contribution is -2.20. The lowest BCUT2D eigenvalue weighted by molar-refractivity contribution is -0.138. The first-order valence-corrected chi connectivity index (χ1v) is 8.61. The maximum absolute atomic E-state index is 12.1. The van der Waals surface area contributed by atoms with Crippen LogP contribution in [0.1, 0.15) is 50.8 Å². The molecule has 3 heteroatoms. The Morgan fingerprint density at radius 3 is 2.44 bits per heavy atom. The fourth-order valence-corrected chi connectivity index (χ4v) is 2.84. The van der Waals surface area contributed by atoms with Crippen LogP contribution < -0.4 is 0 Å². The molecule has 2 rings (SSSR count). The van der Waals surface area contributed by atoms with Crippen LogP contribution in [0.2, 0.25) is 0 Å². The molecule has 3 nitrogen and oxygen atoms in total. The van der Waals surface area contributed by atoms with Crippen LogP contribution >= 0.6 is 0 Å². The highest BCUT2D eigenvalue weighted by molar-refractivity contribution is 5.93. The average Bonchev–Trinajstić information content (AvgIpc) is 2.61. The van der Waals surface area contributed by atoms with Crippen LogP contribution in [-0.2, 0) is 14.9 Å². The third-order valence-corrected chi connectivity index (χ3v) is 4.37. The zero-order chi connectivity index (χ0) is 18.4. The van der Waals surface area contributed by atoms with Crippen molar-refractivity contribution >= 4 is 12.0 Å². The minimum absolute atomic E-state index is 0.157. The van der Waals surface area contributed by atoms with Gasteiger partial charge in [0.15, 0.2) is 0 Å². The van der Waals surface area contributed by atoms with Crippen LogP contribution in [-0.4, -0.2) is 17.7 Å². The van der Waals surface area contributed by atoms with Crippen LogP contribution in [0.15, 0.2) is 54.1 Å². The van der Waals surface area contributed by atoms with E-state index < -0.39 is 0 Å². The molecule has 0 fully saturated rings. The highest BCUT2D eigenvalue weighted by Gasteiger charge is 2.26. The Bertz CT molecular complexity index is 758. The van der Waals surface area contributed by atoms with Crippen LogP contribution in [0.4, 0.5) is 0 Å². The number of aromatic hydroxyl groups is 1. The monoisotopic (exact) mass is 338 g/mol. The van der Waals surface area contributed by atoms with Gasteiger partial charge in [-0.3, -0.25) is 0 Å². The summed E-state index contributed by atoms with van der Waals surface area (Å²) in [6, 6.07) is 15.6. The van der Waals surface area contributed by atoms with Gasteiger partial charge in [-0.2, -0.15) is 0 Å². The Labute approximate surface area is 150 Å². The van der Waals surface area contributed by atoms with E-state index in [4.69, 9.17) is 4.74 Å². The smallest absolute Gasteiger partial charge is 0.333 e. The Morgan fingerprint density at radius 2 is 1.80 bits per heavy atom. The third-order valence-electron chi connectivity index (χ3n) is 4.37. The fourth-order valence-electron chi connectivity index (χ4n) is 2.84. The zero-order valence-electron chi connectivity index (χ0n) is 15.4. The van der Waals surface area contributed by atoms with Gasteiger partial charge in [0.25, 0.3) is 0 Å². The van der Waals surface area contributed by atoms with Gasteiger partial charge < -0.3 is 9.84 Å². The van der Waals surface area contributed by atoms with Gasteiger partial charge in [0.05, 0.1) is 6.61 Å². The van der Waals surface area contributed by atoms with Crippen LogP contribution in [0.25, 0.3) is 6.08 Å². The molecule has 0 saturated heterocycles. The summed E-state index contributed by atoms with van der Waals surface area (Å²) in [6.07, 6.45) is 2.50. The van der Waals surface area contributed by atoms with Crippen molar-refractivity contribution < 1.29 is 14.6 Å². The van der Waals surface area contributed by atoms with Gasteiger partial charge in [-0.25, -0.2) is 4.79 Å². The number of phenols is 1. The molecule has 0 radical (unpaired) electrons. The van der Waals surface area contributed by atoms with Crippen LogP contribution in [0, 0.1) is 0 Å². The molecule has 0 heterocycles. The van der Waals surface area contributed by atoms with E-state index in [0.717, 1.165) is 17.5 Å². The normalized spacial score (nSPS) is 12.1. The Hall–Kier alpha value is -2.55. The Kier molecular flexibility index (Phi) is 6.02. The van der Waals surface area contributed by atoms with Crippen molar-refractivity contribution in [1.82, 2.24) is 0 Å². The highest BCUT2D eigenvalue weighted by Crippen LogP contribution is 2.37. The predicted molar refractivity (Wildman–Crippen MR) is 102 cm³/mol. The number of hydrogen-bond donors (Lipinski definition) is 1. The van der Waals surface area contributed by atoms with Crippen molar-refractivity contribution in [3.63, 3.8) is 0 Å². The number of rotatable bonds is 6. The van der Waals surface area contributed by atoms with Gasteiger partial charge in [0, 0.05) is 16.6 Å². The molecule has 0 aliphatic rings. The molecular weight excluding hydrogens is 312 g/mol. The molecule has 0 aliphatic carbocycles. The summed E-state index contributed by atoms with van der Waals surface area (Å²) in [7, 11) is 0. The van der Waals surface area contributed by atoms with Gasteiger partial charge in [-0.15, -0.1) is 0 Å². The second kappa shape index (κ2) is 8.02. The topological polar surface area (TPSA) is 46.5 Å². The first-order chi connectivity index (χ1) is 11.9. The minimum Gasteiger partial charge on any atom is -0.507 e. The number of phenolic OH excluding ortho intramolecular Hbond substituents is 1.